The average Bonchev–Trinajstić information content (AvgIpc) is 2.29. The van der Waals surface area contributed by atoms with Gasteiger partial charge in [0.15, 0.2) is 0 Å². The van der Waals surface area contributed by atoms with E-state index in [-0.39, 0.29) is 10.8 Å². The van der Waals surface area contributed by atoms with Crippen LogP contribution in [0.25, 0.3) is 0 Å². The van der Waals surface area contributed by atoms with E-state index < -0.39 is 0 Å². The van der Waals surface area contributed by atoms with Crippen LogP contribution in [0.5, 0.6) is 0 Å². The Balaban J connectivity index is 2.90. The van der Waals surface area contributed by atoms with Gasteiger partial charge in [0.2, 0.25) is 0 Å². The molecule has 0 aliphatic carbocycles. The van der Waals surface area contributed by atoms with Crippen molar-refractivity contribution in [2.24, 2.45) is 11.8 Å². The molecule has 96 valence electrons. The highest BCUT2D eigenvalue weighted by atomic mass is 35.5. The normalized spacial score (nSPS) is 15.0. The molecule has 1 aromatic carbocycles. The number of benzene rings is 1. The maximum Gasteiger partial charge on any atom is 0.142 e. The Hall–Kier alpha value is -0.600. The summed E-state index contributed by atoms with van der Waals surface area (Å²) in [4.78, 5) is 0. The summed E-state index contributed by atoms with van der Waals surface area (Å²) in [5.74, 6) is 0.639. The second-order valence-corrected chi connectivity index (χ2v) is 5.28. The molecule has 1 N–H and O–H groups in total. The van der Waals surface area contributed by atoms with Crippen molar-refractivity contribution < 1.29 is 4.39 Å². The lowest BCUT2D eigenvalue weighted by Crippen LogP contribution is -2.35. The van der Waals surface area contributed by atoms with Crippen molar-refractivity contribution in [3.63, 3.8) is 0 Å². The monoisotopic (exact) mass is 257 g/mol. The molecule has 0 aromatic heterocycles. The van der Waals surface area contributed by atoms with Crippen LogP contribution >= 0.6 is 11.6 Å². The van der Waals surface area contributed by atoms with Crippen LogP contribution < -0.4 is 5.32 Å². The molecule has 1 nitrogen and oxygen atoms in total. The van der Waals surface area contributed by atoms with Crippen LogP contribution in [0.15, 0.2) is 18.2 Å². The van der Waals surface area contributed by atoms with Gasteiger partial charge in [0, 0.05) is 6.04 Å². The summed E-state index contributed by atoms with van der Waals surface area (Å²) in [5, 5.41) is 3.53. The van der Waals surface area contributed by atoms with Crippen molar-refractivity contribution in [2.45, 2.75) is 33.2 Å². The first-order valence-corrected chi connectivity index (χ1v) is 6.45. The fourth-order valence-corrected chi connectivity index (χ4v) is 2.37. The van der Waals surface area contributed by atoms with Gasteiger partial charge < -0.3 is 5.32 Å². The lowest BCUT2D eigenvalue weighted by Gasteiger charge is -2.27. The first-order chi connectivity index (χ1) is 7.97. The average molecular weight is 258 g/mol. The predicted octanol–water partition coefficient (Wildman–Crippen LogP) is 3.90. The van der Waals surface area contributed by atoms with Crippen LogP contribution in [0.2, 0.25) is 5.02 Å². The lowest BCUT2D eigenvalue weighted by molar-refractivity contribution is 0.300. The minimum atomic E-state index is -0.330. The molecule has 0 heterocycles. The molecule has 2 atom stereocenters. The summed E-state index contributed by atoms with van der Waals surface area (Å²) in [6, 6.07) is 5.41. The fraction of sp³-hybridized carbons (Fsp3) is 0.571. The Bertz CT molecular complexity index is 365. The number of nitrogens with one attached hydrogen (secondary N) is 1. The zero-order chi connectivity index (χ0) is 13.0. The van der Waals surface area contributed by atoms with Crippen LogP contribution in [0.3, 0.4) is 0 Å². The Kier molecular flexibility index (Phi) is 5.41. The van der Waals surface area contributed by atoms with Gasteiger partial charge in [-0.1, -0.05) is 37.6 Å². The van der Waals surface area contributed by atoms with Gasteiger partial charge in [-0.3, -0.25) is 0 Å². The maximum atomic E-state index is 13.4. The zero-order valence-electron chi connectivity index (χ0n) is 10.9. The van der Waals surface area contributed by atoms with E-state index in [9.17, 15) is 4.39 Å². The molecule has 0 radical (unpaired) electrons. The SMILES string of the molecule is CNC(C)C(Cc1cccc(F)c1Cl)C(C)C. The summed E-state index contributed by atoms with van der Waals surface area (Å²) in [6.07, 6.45) is 0.802. The number of halogens is 2. The van der Waals surface area contributed by atoms with Crippen molar-refractivity contribution in [1.29, 1.82) is 0 Å². The highest BCUT2D eigenvalue weighted by Gasteiger charge is 2.21. The smallest absolute Gasteiger partial charge is 0.142 e. The third-order valence-corrected chi connectivity index (χ3v) is 3.86. The standard InChI is InChI=1S/C14H21ClFN/c1-9(2)12(10(3)17-4)8-11-6-5-7-13(16)14(11)15/h5-7,9-10,12,17H,8H2,1-4H3. The fourth-order valence-electron chi connectivity index (χ4n) is 2.16. The summed E-state index contributed by atoms with van der Waals surface area (Å²) in [6.45, 7) is 6.52. The van der Waals surface area contributed by atoms with E-state index in [2.05, 4.69) is 26.1 Å². The van der Waals surface area contributed by atoms with E-state index in [0.717, 1.165) is 12.0 Å². The number of rotatable bonds is 5. The molecule has 0 aliphatic heterocycles. The first kappa shape index (κ1) is 14.5. The zero-order valence-corrected chi connectivity index (χ0v) is 11.7. The van der Waals surface area contributed by atoms with E-state index in [4.69, 9.17) is 11.6 Å². The van der Waals surface area contributed by atoms with E-state index >= 15 is 0 Å². The molecule has 0 amide bonds. The Morgan fingerprint density at radius 3 is 2.47 bits per heavy atom. The first-order valence-electron chi connectivity index (χ1n) is 6.07. The molecular weight excluding hydrogens is 237 g/mol. The second-order valence-electron chi connectivity index (χ2n) is 4.90. The summed E-state index contributed by atoms with van der Waals surface area (Å²) < 4.78 is 13.4. The molecule has 1 rings (SSSR count). The highest BCUT2D eigenvalue weighted by molar-refractivity contribution is 6.31. The highest BCUT2D eigenvalue weighted by Crippen LogP contribution is 2.26. The Morgan fingerprint density at radius 1 is 1.29 bits per heavy atom. The quantitative estimate of drug-likeness (QED) is 0.844. The Labute approximate surface area is 108 Å². The molecule has 0 aliphatic rings. The van der Waals surface area contributed by atoms with E-state index in [1.165, 1.54) is 6.07 Å². The van der Waals surface area contributed by atoms with E-state index in [0.29, 0.717) is 17.9 Å². The van der Waals surface area contributed by atoms with Crippen molar-refractivity contribution in [3.05, 3.63) is 34.6 Å². The summed E-state index contributed by atoms with van der Waals surface area (Å²) >= 11 is 5.99. The van der Waals surface area contributed by atoms with Crippen LogP contribution in [-0.2, 0) is 6.42 Å². The molecule has 1 aromatic rings. The van der Waals surface area contributed by atoms with E-state index in [1.807, 2.05) is 13.1 Å². The topological polar surface area (TPSA) is 12.0 Å². The van der Waals surface area contributed by atoms with Gasteiger partial charge in [0.05, 0.1) is 5.02 Å². The molecule has 0 saturated heterocycles. The Morgan fingerprint density at radius 2 is 1.94 bits per heavy atom. The van der Waals surface area contributed by atoms with Crippen molar-refractivity contribution in [2.75, 3.05) is 7.05 Å². The van der Waals surface area contributed by atoms with Crippen LogP contribution in [0.1, 0.15) is 26.3 Å². The third kappa shape index (κ3) is 3.68. The lowest BCUT2D eigenvalue weighted by atomic mass is 9.84. The molecule has 0 spiro atoms. The van der Waals surface area contributed by atoms with Crippen molar-refractivity contribution in [3.8, 4) is 0 Å². The summed E-state index contributed by atoms with van der Waals surface area (Å²) in [7, 11) is 1.95. The van der Waals surface area contributed by atoms with Crippen LogP contribution in [0, 0.1) is 17.7 Å². The molecule has 0 fully saturated rings. The number of hydrogen-bond acceptors (Lipinski definition) is 1. The summed E-state index contributed by atoms with van der Waals surface area (Å²) in [5.41, 5.74) is 0.896. The van der Waals surface area contributed by atoms with Crippen molar-refractivity contribution >= 4 is 11.6 Å². The van der Waals surface area contributed by atoms with Gasteiger partial charge in [-0.15, -0.1) is 0 Å². The molecule has 3 heteroatoms. The van der Waals surface area contributed by atoms with Crippen molar-refractivity contribution in [1.82, 2.24) is 5.32 Å². The minimum absolute atomic E-state index is 0.265. The van der Waals surface area contributed by atoms with Gasteiger partial charge in [-0.05, 0) is 43.9 Å². The molecule has 0 bridgehead atoms. The molecule has 2 unspecified atom stereocenters. The predicted molar refractivity (Wildman–Crippen MR) is 72.0 cm³/mol. The van der Waals surface area contributed by atoms with Gasteiger partial charge in [0.25, 0.3) is 0 Å². The second kappa shape index (κ2) is 6.36. The minimum Gasteiger partial charge on any atom is -0.317 e. The van der Waals surface area contributed by atoms with Crippen LogP contribution in [-0.4, -0.2) is 13.1 Å². The molecule has 17 heavy (non-hydrogen) atoms. The van der Waals surface area contributed by atoms with Gasteiger partial charge >= 0.3 is 0 Å². The number of hydrogen-bond donors (Lipinski definition) is 1. The van der Waals surface area contributed by atoms with Gasteiger partial charge in [-0.25, -0.2) is 4.39 Å². The molecular formula is C14H21ClFN. The van der Waals surface area contributed by atoms with Gasteiger partial charge in [-0.2, -0.15) is 0 Å². The maximum absolute atomic E-state index is 13.4. The van der Waals surface area contributed by atoms with Gasteiger partial charge in [0.1, 0.15) is 5.82 Å². The van der Waals surface area contributed by atoms with Crippen LogP contribution in [0.4, 0.5) is 4.39 Å². The van der Waals surface area contributed by atoms with E-state index in [1.54, 1.807) is 6.07 Å². The third-order valence-electron chi connectivity index (χ3n) is 3.44. The largest absolute Gasteiger partial charge is 0.317 e. The molecule has 0 saturated carbocycles.